The summed E-state index contributed by atoms with van der Waals surface area (Å²) in [5.41, 5.74) is 8.01. The van der Waals surface area contributed by atoms with Gasteiger partial charge in [0.05, 0.1) is 19.9 Å². The van der Waals surface area contributed by atoms with E-state index >= 15 is 0 Å². The standard InChI is InChI=1S/C12H15N3O/c1-9-7-14-15(12(9)13)8-10-4-3-5-11(6-10)16-2/h3-7H,8,13H2,1-2H3. The van der Waals surface area contributed by atoms with Crippen LogP contribution in [0.4, 0.5) is 5.82 Å². The molecule has 0 atom stereocenters. The van der Waals surface area contributed by atoms with Crippen LogP contribution in [0.5, 0.6) is 5.75 Å². The maximum Gasteiger partial charge on any atom is 0.124 e. The van der Waals surface area contributed by atoms with E-state index in [1.807, 2.05) is 31.2 Å². The number of aromatic nitrogens is 2. The monoisotopic (exact) mass is 217 g/mol. The molecule has 4 heteroatoms. The molecule has 0 bridgehead atoms. The van der Waals surface area contributed by atoms with Gasteiger partial charge in [-0.15, -0.1) is 0 Å². The van der Waals surface area contributed by atoms with Crippen LogP contribution in [-0.4, -0.2) is 16.9 Å². The molecule has 1 aromatic carbocycles. The molecule has 0 aliphatic rings. The van der Waals surface area contributed by atoms with Gasteiger partial charge in [0, 0.05) is 5.56 Å². The molecule has 0 amide bonds. The maximum absolute atomic E-state index is 5.89. The van der Waals surface area contributed by atoms with Crippen molar-refractivity contribution >= 4 is 5.82 Å². The maximum atomic E-state index is 5.89. The minimum atomic E-state index is 0.664. The molecule has 0 spiro atoms. The van der Waals surface area contributed by atoms with E-state index in [1.54, 1.807) is 18.0 Å². The summed E-state index contributed by atoms with van der Waals surface area (Å²) in [6, 6.07) is 7.89. The lowest BCUT2D eigenvalue weighted by molar-refractivity contribution is 0.414. The molecular weight excluding hydrogens is 202 g/mol. The molecule has 0 radical (unpaired) electrons. The summed E-state index contributed by atoms with van der Waals surface area (Å²) >= 11 is 0. The number of hydrogen-bond donors (Lipinski definition) is 1. The van der Waals surface area contributed by atoms with Gasteiger partial charge in [-0.05, 0) is 24.6 Å². The van der Waals surface area contributed by atoms with Crippen LogP contribution in [0.25, 0.3) is 0 Å². The van der Waals surface area contributed by atoms with Gasteiger partial charge in [-0.2, -0.15) is 5.10 Å². The van der Waals surface area contributed by atoms with Crippen LogP contribution < -0.4 is 10.5 Å². The van der Waals surface area contributed by atoms with Crippen molar-refractivity contribution in [3.63, 3.8) is 0 Å². The summed E-state index contributed by atoms with van der Waals surface area (Å²) in [7, 11) is 1.66. The van der Waals surface area contributed by atoms with E-state index in [-0.39, 0.29) is 0 Å². The summed E-state index contributed by atoms with van der Waals surface area (Å²) in [6.07, 6.45) is 1.77. The third kappa shape index (κ3) is 2.00. The van der Waals surface area contributed by atoms with Gasteiger partial charge in [0.15, 0.2) is 0 Å². The van der Waals surface area contributed by atoms with Crippen molar-refractivity contribution in [2.24, 2.45) is 0 Å². The molecule has 84 valence electrons. The lowest BCUT2D eigenvalue weighted by atomic mass is 10.2. The lowest BCUT2D eigenvalue weighted by Crippen LogP contribution is -2.06. The van der Waals surface area contributed by atoms with Crippen molar-refractivity contribution in [2.45, 2.75) is 13.5 Å². The number of methoxy groups -OCH3 is 1. The second-order valence-corrected chi connectivity index (χ2v) is 3.72. The van der Waals surface area contributed by atoms with Crippen molar-refractivity contribution in [3.05, 3.63) is 41.6 Å². The zero-order valence-corrected chi connectivity index (χ0v) is 9.47. The first-order valence-electron chi connectivity index (χ1n) is 5.11. The van der Waals surface area contributed by atoms with Gasteiger partial charge in [-0.25, -0.2) is 4.68 Å². The molecule has 1 heterocycles. The molecule has 0 saturated carbocycles. The van der Waals surface area contributed by atoms with E-state index in [9.17, 15) is 0 Å². The van der Waals surface area contributed by atoms with Crippen LogP contribution in [0.1, 0.15) is 11.1 Å². The van der Waals surface area contributed by atoms with E-state index in [0.29, 0.717) is 12.4 Å². The summed E-state index contributed by atoms with van der Waals surface area (Å²) in [5.74, 6) is 1.56. The summed E-state index contributed by atoms with van der Waals surface area (Å²) in [5, 5.41) is 4.22. The molecule has 1 aromatic heterocycles. The van der Waals surface area contributed by atoms with Gasteiger partial charge in [0.25, 0.3) is 0 Å². The van der Waals surface area contributed by atoms with Crippen molar-refractivity contribution in [1.82, 2.24) is 9.78 Å². The van der Waals surface area contributed by atoms with Crippen LogP contribution in [0.2, 0.25) is 0 Å². The molecule has 0 aliphatic heterocycles. The molecule has 2 rings (SSSR count). The average molecular weight is 217 g/mol. The Kier molecular flexibility index (Phi) is 2.81. The van der Waals surface area contributed by atoms with Crippen molar-refractivity contribution < 1.29 is 4.74 Å². The zero-order valence-electron chi connectivity index (χ0n) is 9.47. The fourth-order valence-electron chi connectivity index (χ4n) is 1.56. The number of anilines is 1. The van der Waals surface area contributed by atoms with E-state index < -0.39 is 0 Å². The van der Waals surface area contributed by atoms with Gasteiger partial charge in [0.1, 0.15) is 11.6 Å². The van der Waals surface area contributed by atoms with Gasteiger partial charge >= 0.3 is 0 Å². The Morgan fingerprint density at radius 3 is 2.88 bits per heavy atom. The largest absolute Gasteiger partial charge is 0.497 e. The van der Waals surface area contributed by atoms with Crippen molar-refractivity contribution in [1.29, 1.82) is 0 Å². The van der Waals surface area contributed by atoms with Crippen LogP contribution >= 0.6 is 0 Å². The van der Waals surface area contributed by atoms with Crippen LogP contribution in [0, 0.1) is 6.92 Å². The highest BCUT2D eigenvalue weighted by Gasteiger charge is 2.04. The topological polar surface area (TPSA) is 53.1 Å². The first-order valence-corrected chi connectivity index (χ1v) is 5.11. The number of nitrogen functional groups attached to an aromatic ring is 1. The number of rotatable bonds is 3. The number of nitrogens with zero attached hydrogens (tertiary/aromatic N) is 2. The Hall–Kier alpha value is -1.97. The van der Waals surface area contributed by atoms with Gasteiger partial charge < -0.3 is 10.5 Å². The fourth-order valence-corrected chi connectivity index (χ4v) is 1.56. The number of hydrogen-bond acceptors (Lipinski definition) is 3. The molecule has 4 nitrogen and oxygen atoms in total. The predicted molar refractivity (Wildman–Crippen MR) is 63.5 cm³/mol. The SMILES string of the molecule is COc1cccc(Cn2ncc(C)c2N)c1. The molecule has 2 aromatic rings. The third-order valence-corrected chi connectivity index (χ3v) is 2.54. The Bertz CT molecular complexity index is 491. The van der Waals surface area contributed by atoms with E-state index in [1.165, 1.54) is 0 Å². The highest BCUT2D eigenvalue weighted by molar-refractivity contribution is 5.38. The smallest absolute Gasteiger partial charge is 0.124 e. The Morgan fingerprint density at radius 1 is 1.44 bits per heavy atom. The van der Waals surface area contributed by atoms with Gasteiger partial charge in [0.2, 0.25) is 0 Å². The first-order chi connectivity index (χ1) is 7.70. The number of benzene rings is 1. The molecular formula is C12H15N3O. The summed E-state index contributed by atoms with van der Waals surface area (Å²) in [4.78, 5) is 0. The molecule has 0 fully saturated rings. The third-order valence-electron chi connectivity index (χ3n) is 2.54. The van der Waals surface area contributed by atoms with E-state index in [4.69, 9.17) is 10.5 Å². The Labute approximate surface area is 94.6 Å². The second kappa shape index (κ2) is 4.26. The quantitative estimate of drug-likeness (QED) is 0.853. The summed E-state index contributed by atoms with van der Waals surface area (Å²) in [6.45, 7) is 2.61. The Morgan fingerprint density at radius 2 is 2.25 bits per heavy atom. The van der Waals surface area contributed by atoms with Gasteiger partial charge in [-0.3, -0.25) is 0 Å². The fraction of sp³-hybridized carbons (Fsp3) is 0.250. The van der Waals surface area contributed by atoms with E-state index in [0.717, 1.165) is 16.9 Å². The second-order valence-electron chi connectivity index (χ2n) is 3.72. The molecule has 2 N–H and O–H groups in total. The number of ether oxygens (including phenoxy) is 1. The molecule has 16 heavy (non-hydrogen) atoms. The van der Waals surface area contributed by atoms with Crippen LogP contribution in [0.3, 0.4) is 0 Å². The van der Waals surface area contributed by atoms with Crippen LogP contribution in [0.15, 0.2) is 30.5 Å². The van der Waals surface area contributed by atoms with Crippen LogP contribution in [-0.2, 0) is 6.54 Å². The van der Waals surface area contributed by atoms with Gasteiger partial charge in [-0.1, -0.05) is 12.1 Å². The lowest BCUT2D eigenvalue weighted by Gasteiger charge is -2.06. The number of aryl methyl sites for hydroxylation is 1. The zero-order chi connectivity index (χ0) is 11.5. The molecule has 0 unspecified atom stereocenters. The predicted octanol–water partition coefficient (Wildman–Crippen LogP) is 1.83. The van der Waals surface area contributed by atoms with Crippen molar-refractivity contribution in [2.75, 3.05) is 12.8 Å². The minimum Gasteiger partial charge on any atom is -0.497 e. The number of nitrogens with two attached hydrogens (primary N) is 1. The minimum absolute atomic E-state index is 0.664. The highest BCUT2D eigenvalue weighted by Crippen LogP contribution is 2.16. The Balaban J connectivity index is 2.23. The summed E-state index contributed by atoms with van der Waals surface area (Å²) < 4.78 is 6.95. The van der Waals surface area contributed by atoms with E-state index in [2.05, 4.69) is 5.10 Å². The molecule has 0 saturated heterocycles. The highest BCUT2D eigenvalue weighted by atomic mass is 16.5. The average Bonchev–Trinajstić information content (AvgIpc) is 2.61. The first kappa shape index (κ1) is 10.5. The normalized spacial score (nSPS) is 10.4. The van der Waals surface area contributed by atoms with Crippen molar-refractivity contribution in [3.8, 4) is 5.75 Å². The molecule has 0 aliphatic carbocycles.